The van der Waals surface area contributed by atoms with Gasteiger partial charge in [-0.3, -0.25) is 14.1 Å². The first-order valence-electron chi connectivity index (χ1n) is 8.60. The van der Waals surface area contributed by atoms with Crippen molar-refractivity contribution in [1.29, 1.82) is 0 Å². The molecule has 5 rings (SSSR count). The number of ketones is 1. The maximum Gasteiger partial charge on any atom is 0.294 e. The number of benzene rings is 2. The number of allylic oxidation sites excluding steroid dienone is 2. The molecule has 0 spiro atoms. The fourth-order valence-corrected chi connectivity index (χ4v) is 4.35. The van der Waals surface area contributed by atoms with Crippen molar-refractivity contribution < 1.29 is 17.8 Å². The Hall–Kier alpha value is -3.23. The van der Waals surface area contributed by atoms with E-state index in [1.165, 1.54) is 18.2 Å². The second kappa shape index (κ2) is 5.63. The zero-order valence-electron chi connectivity index (χ0n) is 14.3. The van der Waals surface area contributed by atoms with Crippen LogP contribution in [0.2, 0.25) is 0 Å². The van der Waals surface area contributed by atoms with Gasteiger partial charge in [-0.1, -0.05) is 24.3 Å². The topological polar surface area (TPSA) is 116 Å². The van der Waals surface area contributed by atoms with Gasteiger partial charge in [0.1, 0.15) is 0 Å². The summed E-state index contributed by atoms with van der Waals surface area (Å²) in [6.45, 7) is 0. The molecule has 7 nitrogen and oxygen atoms in total. The number of nitrogens with one attached hydrogen (secondary N) is 2. The second-order valence-corrected chi connectivity index (χ2v) is 8.33. The number of hydrogen-bond acceptors (Lipinski definition) is 5. The van der Waals surface area contributed by atoms with Crippen molar-refractivity contribution >= 4 is 43.4 Å². The van der Waals surface area contributed by atoms with Gasteiger partial charge in [-0.2, -0.15) is 8.42 Å². The minimum atomic E-state index is -4.40. The van der Waals surface area contributed by atoms with E-state index >= 15 is 0 Å². The van der Waals surface area contributed by atoms with Gasteiger partial charge >= 0.3 is 0 Å². The van der Waals surface area contributed by atoms with E-state index in [-0.39, 0.29) is 33.6 Å². The monoisotopic (exact) mass is 394 g/mol. The molecule has 8 heteroatoms. The zero-order chi connectivity index (χ0) is 19.6. The number of anilines is 1. The van der Waals surface area contributed by atoms with Crippen LogP contribution in [0.15, 0.2) is 64.3 Å². The van der Waals surface area contributed by atoms with Crippen LogP contribution in [0, 0.1) is 5.92 Å². The Kier molecular flexibility index (Phi) is 3.40. The number of hydrogen-bond donors (Lipinski definition) is 3. The first-order valence-corrected chi connectivity index (χ1v) is 10.0. The lowest BCUT2D eigenvalue weighted by Gasteiger charge is -2.31. The van der Waals surface area contributed by atoms with E-state index in [0.717, 1.165) is 0 Å². The van der Waals surface area contributed by atoms with Crippen molar-refractivity contribution in [3.63, 3.8) is 0 Å². The van der Waals surface area contributed by atoms with Crippen molar-refractivity contribution in [3.05, 3.63) is 70.4 Å². The van der Waals surface area contributed by atoms with Gasteiger partial charge in [0.2, 0.25) is 0 Å². The quantitative estimate of drug-likeness (QED) is 0.432. The third-order valence-corrected chi connectivity index (χ3v) is 6.08. The van der Waals surface area contributed by atoms with Gasteiger partial charge in [0.15, 0.2) is 11.2 Å². The number of fused-ring (bicyclic) bond motifs is 4. The van der Waals surface area contributed by atoms with Crippen LogP contribution in [0.1, 0.15) is 10.4 Å². The summed E-state index contributed by atoms with van der Waals surface area (Å²) < 4.78 is 32.0. The Morgan fingerprint density at radius 3 is 2.46 bits per heavy atom. The van der Waals surface area contributed by atoms with Crippen LogP contribution in [0.3, 0.4) is 0 Å². The van der Waals surface area contributed by atoms with Gasteiger partial charge in [0, 0.05) is 22.0 Å². The highest BCUT2D eigenvalue weighted by Crippen LogP contribution is 2.34. The molecule has 2 heterocycles. The maximum atomic E-state index is 12.9. The molecule has 2 aliphatic rings. The number of aromatic amines is 1. The average Bonchev–Trinajstić information content (AvgIpc) is 2.67. The molecule has 140 valence electrons. The Balaban J connectivity index is 1.78. The van der Waals surface area contributed by atoms with Gasteiger partial charge < -0.3 is 10.3 Å². The van der Waals surface area contributed by atoms with E-state index < -0.39 is 10.1 Å². The molecule has 2 unspecified atom stereocenters. The molecular formula is C20H14N2O5S. The van der Waals surface area contributed by atoms with Crippen LogP contribution in [0.4, 0.5) is 5.69 Å². The average molecular weight is 394 g/mol. The standard InChI is InChI=1S/C20H14N2O5S/c23-19-11-3-1-2-4-15(11)21-17-8-14-18(9-13(17)19)22-16-7-10(28(25,26)27)5-6-12(16)20(14)24/h1-9,11,15,21H,(H,22,24)(H,25,26,27). The lowest BCUT2D eigenvalue weighted by atomic mass is 9.83. The number of rotatable bonds is 1. The minimum absolute atomic E-state index is 0.0473. The predicted molar refractivity (Wildman–Crippen MR) is 105 cm³/mol. The molecule has 1 aliphatic heterocycles. The molecule has 0 radical (unpaired) electrons. The fourth-order valence-electron chi connectivity index (χ4n) is 3.84. The number of carbonyl (C=O) groups excluding carboxylic acids is 1. The summed E-state index contributed by atoms with van der Waals surface area (Å²) in [6.07, 6.45) is 7.46. The highest BCUT2D eigenvalue weighted by Gasteiger charge is 2.33. The van der Waals surface area contributed by atoms with Crippen molar-refractivity contribution in [2.75, 3.05) is 5.32 Å². The highest BCUT2D eigenvalue weighted by atomic mass is 32.2. The molecule has 0 fully saturated rings. The number of pyridine rings is 1. The van der Waals surface area contributed by atoms with E-state index in [0.29, 0.717) is 27.5 Å². The number of aromatic nitrogens is 1. The van der Waals surface area contributed by atoms with Crippen LogP contribution in [-0.2, 0) is 10.1 Å². The zero-order valence-corrected chi connectivity index (χ0v) is 15.2. The van der Waals surface area contributed by atoms with Crippen LogP contribution in [0.25, 0.3) is 21.8 Å². The molecule has 2 aromatic carbocycles. The third-order valence-electron chi connectivity index (χ3n) is 5.23. The summed E-state index contributed by atoms with van der Waals surface area (Å²) in [5.41, 5.74) is 1.46. The summed E-state index contributed by atoms with van der Waals surface area (Å²) in [7, 11) is -4.40. The predicted octanol–water partition coefficient (Wildman–Crippen LogP) is 2.65. The Bertz CT molecular complexity index is 1420. The van der Waals surface area contributed by atoms with Crippen LogP contribution in [0.5, 0.6) is 0 Å². The van der Waals surface area contributed by atoms with E-state index in [1.807, 2.05) is 24.3 Å². The van der Waals surface area contributed by atoms with Crippen LogP contribution < -0.4 is 10.7 Å². The number of H-pyrrole nitrogens is 1. The minimum Gasteiger partial charge on any atom is -0.377 e. The van der Waals surface area contributed by atoms with E-state index in [9.17, 15) is 22.6 Å². The van der Waals surface area contributed by atoms with Crippen molar-refractivity contribution in [1.82, 2.24) is 4.98 Å². The fraction of sp³-hybridized carbons (Fsp3) is 0.100. The molecule has 0 amide bonds. The highest BCUT2D eigenvalue weighted by molar-refractivity contribution is 7.85. The van der Waals surface area contributed by atoms with Crippen LogP contribution in [-0.4, -0.2) is 29.8 Å². The summed E-state index contributed by atoms with van der Waals surface area (Å²) in [6, 6.07) is 6.86. The molecule has 28 heavy (non-hydrogen) atoms. The Morgan fingerprint density at radius 1 is 0.929 bits per heavy atom. The largest absolute Gasteiger partial charge is 0.377 e. The third kappa shape index (κ3) is 2.42. The molecule has 0 saturated carbocycles. The van der Waals surface area contributed by atoms with Crippen molar-refractivity contribution in [2.45, 2.75) is 10.9 Å². The van der Waals surface area contributed by atoms with Crippen molar-refractivity contribution in [3.8, 4) is 0 Å². The van der Waals surface area contributed by atoms with Gasteiger partial charge in [0.05, 0.1) is 27.9 Å². The second-order valence-electron chi connectivity index (χ2n) is 6.91. The normalized spacial score (nSPS) is 20.8. The van der Waals surface area contributed by atoms with E-state index in [1.54, 1.807) is 12.1 Å². The molecule has 0 bridgehead atoms. The summed E-state index contributed by atoms with van der Waals surface area (Å²) in [4.78, 5) is 28.5. The lowest BCUT2D eigenvalue weighted by molar-refractivity contribution is 0.0936. The molecule has 1 aromatic heterocycles. The lowest BCUT2D eigenvalue weighted by Crippen LogP contribution is -2.38. The van der Waals surface area contributed by atoms with Gasteiger partial charge in [0.25, 0.3) is 10.1 Å². The van der Waals surface area contributed by atoms with Gasteiger partial charge in [-0.05, 0) is 30.3 Å². The number of Topliss-reactive ketones (excluding diaryl/α,β-unsaturated/α-hetero) is 1. The first-order chi connectivity index (χ1) is 13.3. The molecule has 0 saturated heterocycles. The van der Waals surface area contributed by atoms with Crippen LogP contribution >= 0.6 is 0 Å². The Morgan fingerprint density at radius 2 is 1.68 bits per heavy atom. The van der Waals surface area contributed by atoms with E-state index in [2.05, 4.69) is 10.3 Å². The molecule has 3 N–H and O–H groups in total. The smallest absolute Gasteiger partial charge is 0.294 e. The molecule has 1 aliphatic carbocycles. The SMILES string of the molecule is O=C1c2cc3[nH]c4cc(S(=O)(=O)O)ccc4c(=O)c3cc2NC2C=CC=CC12. The number of carbonyl (C=O) groups is 1. The Labute approximate surface area is 159 Å². The molecule has 2 atom stereocenters. The summed E-state index contributed by atoms with van der Waals surface area (Å²) in [5.74, 6) is -0.359. The van der Waals surface area contributed by atoms with Gasteiger partial charge in [-0.15, -0.1) is 0 Å². The van der Waals surface area contributed by atoms with Crippen molar-refractivity contribution in [2.24, 2.45) is 5.92 Å². The maximum absolute atomic E-state index is 12.9. The van der Waals surface area contributed by atoms with Gasteiger partial charge in [-0.25, -0.2) is 0 Å². The summed E-state index contributed by atoms with van der Waals surface area (Å²) >= 11 is 0. The molecule has 3 aromatic rings. The first kappa shape index (κ1) is 16.9. The van der Waals surface area contributed by atoms with E-state index in [4.69, 9.17) is 0 Å². The molecular weight excluding hydrogens is 380 g/mol. The summed E-state index contributed by atoms with van der Waals surface area (Å²) in [5, 5.41) is 3.98.